The number of aromatic nitrogens is 3. The van der Waals surface area contributed by atoms with Crippen LogP contribution in [0.4, 0.5) is 5.69 Å². The molecule has 0 unspecified atom stereocenters. The van der Waals surface area contributed by atoms with Gasteiger partial charge >= 0.3 is 5.69 Å². The number of hydrogen-bond donors (Lipinski definition) is 0. The molecule has 0 fully saturated rings. The van der Waals surface area contributed by atoms with Crippen molar-refractivity contribution in [3.05, 3.63) is 76.2 Å². The fourth-order valence-corrected chi connectivity index (χ4v) is 4.49. The minimum atomic E-state index is -3.35. The average molecular weight is 398 g/mol. The maximum Gasteiger partial charge on any atom is 0.350 e. The smallest absolute Gasteiger partial charge is 0.303 e. The molecule has 0 aliphatic carbocycles. The van der Waals surface area contributed by atoms with Crippen molar-refractivity contribution in [1.29, 1.82) is 0 Å². The van der Waals surface area contributed by atoms with Gasteiger partial charge in [0.15, 0.2) is 15.5 Å². The number of hydrogen-bond acceptors (Lipinski definition) is 5. The third kappa shape index (κ3) is 3.36. The minimum Gasteiger partial charge on any atom is -0.303 e. The van der Waals surface area contributed by atoms with Crippen LogP contribution < -0.4 is 10.6 Å². The first-order valence-electron chi connectivity index (χ1n) is 8.68. The van der Waals surface area contributed by atoms with Crippen molar-refractivity contribution >= 4 is 27.1 Å². The van der Waals surface area contributed by atoms with Crippen LogP contribution in [-0.4, -0.2) is 40.3 Å². The number of carbonyl (C=O) groups excluding carboxylic acids is 1. The third-order valence-corrected chi connectivity index (χ3v) is 5.97. The molecule has 1 atom stereocenters. The lowest BCUT2D eigenvalue weighted by Crippen LogP contribution is -2.44. The molecule has 9 heteroatoms. The first kappa shape index (κ1) is 18.2. The molecule has 1 aliphatic heterocycles. The predicted octanol–water partition coefficient (Wildman–Crippen LogP) is 1.15. The summed E-state index contributed by atoms with van der Waals surface area (Å²) in [6.07, 6.45) is 3.08. The summed E-state index contributed by atoms with van der Waals surface area (Å²) >= 11 is 0. The van der Waals surface area contributed by atoms with Gasteiger partial charge < -0.3 is 4.90 Å². The van der Waals surface area contributed by atoms with E-state index in [9.17, 15) is 18.0 Å². The molecule has 4 rings (SSSR count). The SMILES string of the molecule is Cc1ccc(N(C(=O)Cn2nc3ccccn3c2=O)[C@H]2C=CS(=O)(=O)C2)cc1. The molecule has 144 valence electrons. The first-order chi connectivity index (χ1) is 13.3. The molecule has 0 radical (unpaired) electrons. The summed E-state index contributed by atoms with van der Waals surface area (Å²) in [5.74, 6) is -0.603. The van der Waals surface area contributed by atoms with Crippen LogP contribution in [-0.2, 0) is 21.2 Å². The van der Waals surface area contributed by atoms with Crippen LogP contribution in [0.3, 0.4) is 0 Å². The molecule has 8 nitrogen and oxygen atoms in total. The van der Waals surface area contributed by atoms with Crippen LogP contribution in [0.15, 0.2) is 64.9 Å². The quantitative estimate of drug-likeness (QED) is 0.657. The number of rotatable bonds is 4. The van der Waals surface area contributed by atoms with Gasteiger partial charge in [0.05, 0.1) is 11.8 Å². The molecule has 0 saturated heterocycles. The van der Waals surface area contributed by atoms with E-state index in [0.29, 0.717) is 11.3 Å². The molecule has 1 amide bonds. The van der Waals surface area contributed by atoms with E-state index in [-0.39, 0.29) is 12.3 Å². The van der Waals surface area contributed by atoms with Crippen LogP contribution in [0.2, 0.25) is 0 Å². The summed E-state index contributed by atoms with van der Waals surface area (Å²) in [5.41, 5.74) is 1.59. The van der Waals surface area contributed by atoms with Crippen LogP contribution in [0.5, 0.6) is 0 Å². The molecule has 3 heterocycles. The van der Waals surface area contributed by atoms with Crippen molar-refractivity contribution in [1.82, 2.24) is 14.2 Å². The molecular weight excluding hydrogens is 380 g/mol. The van der Waals surface area contributed by atoms with Gasteiger partial charge in [0, 0.05) is 17.3 Å². The Labute approximate surface area is 161 Å². The van der Waals surface area contributed by atoms with E-state index in [0.717, 1.165) is 15.7 Å². The lowest BCUT2D eigenvalue weighted by molar-refractivity contribution is -0.119. The van der Waals surface area contributed by atoms with E-state index in [2.05, 4.69) is 5.10 Å². The van der Waals surface area contributed by atoms with E-state index in [4.69, 9.17) is 0 Å². The maximum absolute atomic E-state index is 13.1. The van der Waals surface area contributed by atoms with Gasteiger partial charge in [-0.2, -0.15) is 0 Å². The second-order valence-electron chi connectivity index (χ2n) is 6.69. The van der Waals surface area contributed by atoms with Gasteiger partial charge in [0.2, 0.25) is 5.91 Å². The lowest BCUT2D eigenvalue weighted by atomic mass is 10.1. The second-order valence-corrected chi connectivity index (χ2v) is 8.62. The number of aryl methyl sites for hydroxylation is 1. The van der Waals surface area contributed by atoms with Crippen molar-refractivity contribution < 1.29 is 13.2 Å². The number of benzene rings is 1. The summed E-state index contributed by atoms with van der Waals surface area (Å²) < 4.78 is 26.2. The Morgan fingerprint density at radius 2 is 1.96 bits per heavy atom. The van der Waals surface area contributed by atoms with Crippen molar-refractivity contribution in [2.45, 2.75) is 19.5 Å². The molecule has 0 N–H and O–H groups in total. The monoisotopic (exact) mass is 398 g/mol. The van der Waals surface area contributed by atoms with Crippen molar-refractivity contribution in [3.8, 4) is 0 Å². The molecule has 3 aromatic rings. The average Bonchev–Trinajstić information content (AvgIpc) is 3.17. The molecule has 0 spiro atoms. The summed E-state index contributed by atoms with van der Waals surface area (Å²) in [4.78, 5) is 27.0. The highest BCUT2D eigenvalue weighted by molar-refractivity contribution is 7.94. The first-order valence-corrected chi connectivity index (χ1v) is 10.4. The van der Waals surface area contributed by atoms with Crippen LogP contribution in [0, 0.1) is 6.92 Å². The highest BCUT2D eigenvalue weighted by Crippen LogP contribution is 2.23. The number of amides is 1. The van der Waals surface area contributed by atoms with Gasteiger partial charge in [-0.3, -0.25) is 9.20 Å². The summed E-state index contributed by atoms with van der Waals surface area (Å²) in [6, 6.07) is 11.7. The minimum absolute atomic E-state index is 0.188. The largest absolute Gasteiger partial charge is 0.350 e. The van der Waals surface area contributed by atoms with Gasteiger partial charge in [-0.15, -0.1) is 5.10 Å². The van der Waals surface area contributed by atoms with Gasteiger partial charge in [0.1, 0.15) is 6.54 Å². The Hall–Kier alpha value is -3.20. The number of pyridine rings is 1. The molecule has 2 aromatic heterocycles. The zero-order valence-corrected chi connectivity index (χ0v) is 15.9. The lowest BCUT2D eigenvalue weighted by Gasteiger charge is -2.27. The molecule has 1 aliphatic rings. The second kappa shape index (κ2) is 6.75. The number of fused-ring (bicyclic) bond motifs is 1. The van der Waals surface area contributed by atoms with Crippen molar-refractivity contribution in [2.24, 2.45) is 0 Å². The van der Waals surface area contributed by atoms with Gasteiger partial charge in [0.25, 0.3) is 0 Å². The Morgan fingerprint density at radius 1 is 1.21 bits per heavy atom. The highest BCUT2D eigenvalue weighted by Gasteiger charge is 2.32. The zero-order valence-electron chi connectivity index (χ0n) is 15.1. The molecule has 0 saturated carbocycles. The molecule has 0 bridgehead atoms. The van der Waals surface area contributed by atoms with E-state index >= 15 is 0 Å². The standard InChI is InChI=1S/C19H18N4O4S/c1-14-5-7-15(8-6-14)23(16-9-11-28(26,27)13-16)18(24)12-22-19(25)21-10-3-2-4-17(21)20-22/h2-11,16H,12-13H2,1H3/t16-/m0/s1. The number of anilines is 1. The third-order valence-electron chi connectivity index (χ3n) is 4.60. The fraction of sp³-hybridized carbons (Fsp3) is 0.211. The van der Waals surface area contributed by atoms with Crippen LogP contribution in [0.1, 0.15) is 5.56 Å². The Bertz CT molecular complexity index is 1240. The van der Waals surface area contributed by atoms with Gasteiger partial charge in [-0.1, -0.05) is 23.8 Å². The van der Waals surface area contributed by atoms with E-state index in [1.807, 2.05) is 19.1 Å². The maximum atomic E-state index is 13.1. The van der Waals surface area contributed by atoms with Gasteiger partial charge in [-0.25, -0.2) is 17.9 Å². The van der Waals surface area contributed by atoms with Crippen LogP contribution in [0.25, 0.3) is 5.65 Å². The number of sulfone groups is 1. The van der Waals surface area contributed by atoms with E-state index < -0.39 is 27.5 Å². The van der Waals surface area contributed by atoms with E-state index in [1.165, 1.54) is 15.4 Å². The predicted molar refractivity (Wildman–Crippen MR) is 105 cm³/mol. The summed E-state index contributed by atoms with van der Waals surface area (Å²) in [7, 11) is -3.35. The van der Waals surface area contributed by atoms with Crippen molar-refractivity contribution in [2.75, 3.05) is 10.7 Å². The highest BCUT2D eigenvalue weighted by atomic mass is 32.2. The number of nitrogens with zero attached hydrogens (tertiary/aromatic N) is 4. The molecule has 1 aromatic carbocycles. The molecule has 28 heavy (non-hydrogen) atoms. The van der Waals surface area contributed by atoms with Gasteiger partial charge in [-0.05, 0) is 37.3 Å². The number of carbonyl (C=O) groups is 1. The fourth-order valence-electron chi connectivity index (χ4n) is 3.22. The van der Waals surface area contributed by atoms with Crippen molar-refractivity contribution in [3.63, 3.8) is 0 Å². The summed E-state index contributed by atoms with van der Waals surface area (Å²) in [5, 5.41) is 5.31. The van der Waals surface area contributed by atoms with E-state index in [1.54, 1.807) is 36.5 Å². The Morgan fingerprint density at radius 3 is 2.61 bits per heavy atom. The zero-order chi connectivity index (χ0) is 19.9. The Kier molecular flexibility index (Phi) is 4.38. The summed E-state index contributed by atoms with van der Waals surface area (Å²) in [6.45, 7) is 1.63. The normalized spacial score (nSPS) is 17.8. The Balaban J connectivity index is 1.70. The van der Waals surface area contributed by atoms with Crippen LogP contribution >= 0.6 is 0 Å². The molecular formula is C19H18N4O4S. The topological polar surface area (TPSA) is 93.8 Å².